The van der Waals surface area contributed by atoms with Crippen LogP contribution in [0.15, 0.2) is 77.6 Å². The van der Waals surface area contributed by atoms with Gasteiger partial charge >= 0.3 is 0 Å². The van der Waals surface area contributed by atoms with Gasteiger partial charge in [-0.15, -0.1) is 0 Å². The van der Waals surface area contributed by atoms with Gasteiger partial charge in [-0.1, -0.05) is 54.6 Å². The minimum atomic E-state index is -2.99. The number of phenolic OH excluding ortho intramolecular Hbond substituents is 1. The van der Waals surface area contributed by atoms with E-state index in [0.29, 0.717) is 16.7 Å². The summed E-state index contributed by atoms with van der Waals surface area (Å²) in [6.45, 7) is 0. The number of benzene rings is 3. The summed E-state index contributed by atoms with van der Waals surface area (Å²) in [7, 11) is 2.93. The van der Waals surface area contributed by atoms with E-state index in [0.717, 1.165) is 10.8 Å². The lowest BCUT2D eigenvalue weighted by atomic mass is 9.55. The smallest absolute Gasteiger partial charge is 0.255 e. The van der Waals surface area contributed by atoms with E-state index in [2.05, 4.69) is 0 Å². The third-order valence-electron chi connectivity index (χ3n) is 8.66. The molecule has 1 saturated carbocycles. The number of carbonyl (C=O) groups excluding carboxylic acids is 3. The first-order valence-electron chi connectivity index (χ1n) is 13.3. The van der Waals surface area contributed by atoms with Crippen LogP contribution in [0.4, 0.5) is 0 Å². The first-order valence-corrected chi connectivity index (χ1v) is 13.3. The molecule has 3 aromatic rings. The monoisotopic (exact) mass is 568 g/mol. The molecule has 0 aliphatic heterocycles. The zero-order valence-electron chi connectivity index (χ0n) is 22.6. The SMILES string of the molecule is CN(C)[C@@H]1C(=O)C(C(N)=O)=C(O)[C@@]2(O)C(=O)C3=C(O)c4c(O)cccc4/C(=C\c4cccc5ccccc45)[C@H]3[C@H](O)[C@@H]12. The number of Topliss-reactive ketones (excluding diaryl/α,β-unsaturated/α-hetero) is 2. The molecule has 42 heavy (non-hydrogen) atoms. The maximum atomic E-state index is 14.3. The second-order valence-corrected chi connectivity index (χ2v) is 11.1. The van der Waals surface area contributed by atoms with Gasteiger partial charge in [0.25, 0.3) is 5.91 Å². The van der Waals surface area contributed by atoms with Crippen molar-refractivity contribution in [3.8, 4) is 5.75 Å². The van der Waals surface area contributed by atoms with Crippen molar-refractivity contribution in [1.29, 1.82) is 0 Å². The molecule has 1 fully saturated rings. The third-order valence-corrected chi connectivity index (χ3v) is 8.66. The zero-order valence-corrected chi connectivity index (χ0v) is 22.6. The number of aromatic hydroxyl groups is 1. The van der Waals surface area contributed by atoms with Crippen molar-refractivity contribution in [1.82, 2.24) is 4.90 Å². The predicted octanol–water partition coefficient (Wildman–Crippen LogP) is 2.09. The summed E-state index contributed by atoms with van der Waals surface area (Å²) in [4.78, 5) is 41.3. The van der Waals surface area contributed by atoms with Crippen molar-refractivity contribution in [2.24, 2.45) is 17.6 Å². The van der Waals surface area contributed by atoms with Gasteiger partial charge < -0.3 is 31.3 Å². The Hall–Kier alpha value is -4.77. The first kappa shape index (κ1) is 27.4. The van der Waals surface area contributed by atoms with Crippen LogP contribution in [0.5, 0.6) is 5.75 Å². The van der Waals surface area contributed by atoms with Gasteiger partial charge in [-0.2, -0.15) is 0 Å². The van der Waals surface area contributed by atoms with Crippen LogP contribution in [0.3, 0.4) is 0 Å². The number of aliphatic hydroxyl groups is 4. The van der Waals surface area contributed by atoms with E-state index in [1.165, 1.54) is 25.1 Å². The molecule has 0 unspecified atom stereocenters. The molecule has 6 rings (SSSR count). The number of likely N-dealkylation sites (N-methyl/N-ethyl adjacent to an activating group) is 1. The van der Waals surface area contributed by atoms with Crippen molar-refractivity contribution >= 4 is 45.7 Å². The molecule has 0 spiro atoms. The molecule has 0 aromatic heterocycles. The molecule has 3 aromatic carbocycles. The number of rotatable bonds is 3. The molecular weight excluding hydrogens is 540 g/mol. The molecular formula is C32H28N2O8. The first-order chi connectivity index (χ1) is 19.9. The summed E-state index contributed by atoms with van der Waals surface area (Å²) in [5.41, 5.74) is 2.22. The highest BCUT2D eigenvalue weighted by atomic mass is 16.4. The van der Waals surface area contributed by atoms with Crippen molar-refractivity contribution in [3.05, 3.63) is 94.3 Å². The summed E-state index contributed by atoms with van der Waals surface area (Å²) in [5.74, 6) is -8.86. The molecule has 10 heteroatoms. The van der Waals surface area contributed by atoms with Crippen LogP contribution in [-0.4, -0.2) is 79.7 Å². The number of nitrogens with two attached hydrogens (primary N) is 1. The fourth-order valence-electron chi connectivity index (χ4n) is 6.85. The van der Waals surface area contributed by atoms with Crippen LogP contribution in [0.2, 0.25) is 0 Å². The molecule has 5 atom stereocenters. The summed E-state index contributed by atoms with van der Waals surface area (Å²) in [6.07, 6.45) is -0.00664. The topological polar surface area (TPSA) is 182 Å². The number of phenols is 1. The molecule has 7 N–H and O–H groups in total. The van der Waals surface area contributed by atoms with Crippen LogP contribution in [0.25, 0.3) is 28.2 Å². The Kier molecular flexibility index (Phi) is 6.12. The largest absolute Gasteiger partial charge is 0.508 e. The highest BCUT2D eigenvalue weighted by Gasteiger charge is 2.68. The maximum Gasteiger partial charge on any atom is 0.255 e. The fraction of sp³-hybridized carbons (Fsp3) is 0.219. The number of fused-ring (bicyclic) bond motifs is 4. The Balaban J connectivity index is 1.69. The highest BCUT2D eigenvalue weighted by molar-refractivity contribution is 6.25. The summed E-state index contributed by atoms with van der Waals surface area (Å²) in [6, 6.07) is 16.2. The van der Waals surface area contributed by atoms with Crippen LogP contribution >= 0.6 is 0 Å². The van der Waals surface area contributed by atoms with Gasteiger partial charge in [-0.05, 0) is 53.7 Å². The highest BCUT2D eigenvalue weighted by Crippen LogP contribution is 2.56. The van der Waals surface area contributed by atoms with E-state index in [-0.39, 0.29) is 11.3 Å². The number of amides is 1. The minimum absolute atomic E-state index is 0.104. The summed E-state index contributed by atoms with van der Waals surface area (Å²) >= 11 is 0. The van der Waals surface area contributed by atoms with Gasteiger partial charge in [0, 0.05) is 5.92 Å². The number of carbonyl (C=O) groups is 3. The molecule has 3 aliphatic rings. The Morgan fingerprint density at radius 2 is 1.64 bits per heavy atom. The van der Waals surface area contributed by atoms with Crippen molar-refractivity contribution in [2.45, 2.75) is 17.7 Å². The van der Waals surface area contributed by atoms with E-state index < -0.39 is 69.7 Å². The molecule has 1 amide bonds. The van der Waals surface area contributed by atoms with Gasteiger partial charge in [0.1, 0.15) is 22.8 Å². The molecule has 10 nitrogen and oxygen atoms in total. The van der Waals surface area contributed by atoms with Gasteiger partial charge in [-0.25, -0.2) is 0 Å². The van der Waals surface area contributed by atoms with Crippen molar-refractivity contribution < 1.29 is 39.9 Å². The van der Waals surface area contributed by atoms with Crippen molar-refractivity contribution in [2.75, 3.05) is 14.1 Å². The number of ketones is 2. The average molecular weight is 569 g/mol. The lowest BCUT2D eigenvalue weighted by Crippen LogP contribution is -2.70. The second-order valence-electron chi connectivity index (χ2n) is 11.1. The standard InChI is InChI=1S/C32H28N2O8/c1-34(2)25-24-27(37)21-18(13-15-9-5-8-14-7-3-4-10-16(14)15)17-11-6-12-19(35)20(17)26(36)22(21)29(39)32(24,42)30(40)23(28(25)38)31(33)41/h3-13,21,24-25,27,35-37,40,42H,1-2H3,(H2,33,41)/b18-13+/t21-,24-,25+,27+,32+/m1/s1. The Labute approximate surface area is 239 Å². The van der Waals surface area contributed by atoms with E-state index in [9.17, 15) is 39.9 Å². The van der Waals surface area contributed by atoms with Gasteiger partial charge in [0.15, 0.2) is 11.4 Å². The second kappa shape index (κ2) is 9.38. The van der Waals surface area contributed by atoms with Crippen LogP contribution in [-0.2, 0) is 14.4 Å². The third kappa shape index (κ3) is 3.52. The number of nitrogens with zero attached hydrogens (tertiary/aromatic N) is 1. The summed E-state index contributed by atoms with van der Waals surface area (Å²) in [5, 5.41) is 59.1. The van der Waals surface area contributed by atoms with Crippen LogP contribution in [0.1, 0.15) is 16.7 Å². The minimum Gasteiger partial charge on any atom is -0.508 e. The van der Waals surface area contributed by atoms with Crippen LogP contribution < -0.4 is 5.73 Å². The molecule has 0 saturated heterocycles. The number of hydrogen-bond donors (Lipinski definition) is 6. The predicted molar refractivity (Wildman–Crippen MR) is 154 cm³/mol. The van der Waals surface area contributed by atoms with E-state index >= 15 is 0 Å². The lowest BCUT2D eigenvalue weighted by molar-refractivity contribution is -0.166. The molecule has 0 heterocycles. The fourth-order valence-corrected chi connectivity index (χ4v) is 6.85. The van der Waals surface area contributed by atoms with Gasteiger partial charge in [0.2, 0.25) is 5.78 Å². The van der Waals surface area contributed by atoms with E-state index in [4.69, 9.17) is 5.73 Å². The molecule has 214 valence electrons. The molecule has 0 radical (unpaired) electrons. The van der Waals surface area contributed by atoms with E-state index in [1.54, 1.807) is 18.2 Å². The zero-order chi connectivity index (χ0) is 30.2. The molecule has 3 aliphatic carbocycles. The molecule has 0 bridgehead atoms. The number of hydrogen-bond acceptors (Lipinski definition) is 9. The van der Waals surface area contributed by atoms with Gasteiger partial charge in [0.05, 0.1) is 29.2 Å². The van der Waals surface area contributed by atoms with Gasteiger partial charge in [-0.3, -0.25) is 19.3 Å². The normalized spacial score (nSPS) is 28.3. The van der Waals surface area contributed by atoms with Crippen LogP contribution in [0, 0.1) is 11.8 Å². The van der Waals surface area contributed by atoms with Crippen molar-refractivity contribution in [3.63, 3.8) is 0 Å². The Bertz CT molecular complexity index is 1810. The maximum absolute atomic E-state index is 14.3. The van der Waals surface area contributed by atoms with E-state index in [1.807, 2.05) is 42.5 Å². The Morgan fingerprint density at radius 3 is 2.33 bits per heavy atom. The summed E-state index contributed by atoms with van der Waals surface area (Å²) < 4.78 is 0. The number of primary amides is 1. The number of aliphatic hydroxyl groups excluding tert-OH is 3. The lowest BCUT2D eigenvalue weighted by Gasteiger charge is -2.53. The average Bonchev–Trinajstić information content (AvgIpc) is 2.94. The quantitative estimate of drug-likeness (QED) is 0.258. The Morgan fingerprint density at radius 1 is 0.976 bits per heavy atom.